The first kappa shape index (κ1) is 15.5. The van der Waals surface area contributed by atoms with Crippen molar-refractivity contribution in [2.75, 3.05) is 7.11 Å². The van der Waals surface area contributed by atoms with Crippen LogP contribution < -0.4 is 4.74 Å². The molecule has 0 aliphatic heterocycles. The number of methoxy groups -OCH3 is 1. The fraction of sp³-hybridized carbons (Fsp3) is 0.333. The van der Waals surface area contributed by atoms with Gasteiger partial charge in [-0.05, 0) is 50.1 Å². The first-order chi connectivity index (χ1) is 11.1. The van der Waals surface area contributed by atoms with E-state index in [-0.39, 0.29) is 23.7 Å². The summed E-state index contributed by atoms with van der Waals surface area (Å²) >= 11 is 0. The molecule has 1 atom stereocenters. The van der Waals surface area contributed by atoms with Gasteiger partial charge < -0.3 is 9.64 Å². The standard InChI is InChI=1S/C18H19FN2O2/c1-12(16-5-3-4-10-20-16)21(14-7-8-14)18(22)13-6-9-15(19)17(11-13)23-2/h3-6,9-12,14H,7-8H2,1-2H3/t12-/m0/s1. The highest BCUT2D eigenvalue weighted by atomic mass is 19.1. The molecule has 0 radical (unpaired) electrons. The van der Waals surface area contributed by atoms with Gasteiger partial charge in [0.1, 0.15) is 0 Å². The molecular formula is C18H19FN2O2. The lowest BCUT2D eigenvalue weighted by Crippen LogP contribution is -2.36. The number of pyridine rings is 1. The summed E-state index contributed by atoms with van der Waals surface area (Å²) in [5.74, 6) is -0.513. The van der Waals surface area contributed by atoms with Gasteiger partial charge in [-0.15, -0.1) is 0 Å². The minimum atomic E-state index is -0.472. The molecule has 120 valence electrons. The molecule has 0 N–H and O–H groups in total. The van der Waals surface area contributed by atoms with E-state index in [2.05, 4.69) is 4.98 Å². The SMILES string of the molecule is COc1cc(C(=O)N(C2CC2)[C@@H](C)c2ccccn2)ccc1F. The van der Waals surface area contributed by atoms with E-state index in [1.54, 1.807) is 6.20 Å². The summed E-state index contributed by atoms with van der Waals surface area (Å²) in [4.78, 5) is 19.1. The van der Waals surface area contributed by atoms with Gasteiger partial charge >= 0.3 is 0 Å². The fourth-order valence-corrected chi connectivity index (χ4v) is 2.72. The average molecular weight is 314 g/mol. The van der Waals surface area contributed by atoms with Crippen molar-refractivity contribution < 1.29 is 13.9 Å². The number of amides is 1. The van der Waals surface area contributed by atoms with Crippen molar-refractivity contribution in [2.24, 2.45) is 0 Å². The van der Waals surface area contributed by atoms with Crippen LogP contribution in [0.4, 0.5) is 4.39 Å². The minimum Gasteiger partial charge on any atom is -0.494 e. The van der Waals surface area contributed by atoms with Crippen LogP contribution in [0.2, 0.25) is 0 Å². The van der Waals surface area contributed by atoms with E-state index in [0.717, 1.165) is 18.5 Å². The van der Waals surface area contributed by atoms with Crippen LogP contribution in [0.5, 0.6) is 5.75 Å². The first-order valence-corrected chi connectivity index (χ1v) is 7.69. The molecule has 0 saturated heterocycles. The van der Waals surface area contributed by atoms with Crippen LogP contribution in [-0.2, 0) is 0 Å². The normalized spacial score (nSPS) is 15.1. The summed E-state index contributed by atoms with van der Waals surface area (Å²) in [6.45, 7) is 1.97. The van der Waals surface area contributed by atoms with Gasteiger partial charge in [0, 0.05) is 17.8 Å². The van der Waals surface area contributed by atoms with Crippen molar-refractivity contribution in [2.45, 2.75) is 31.8 Å². The maximum atomic E-state index is 13.6. The van der Waals surface area contributed by atoms with Gasteiger partial charge in [-0.2, -0.15) is 0 Å². The number of aromatic nitrogens is 1. The number of carbonyl (C=O) groups excluding carboxylic acids is 1. The maximum Gasteiger partial charge on any atom is 0.254 e. The highest BCUT2D eigenvalue weighted by Crippen LogP contribution is 2.35. The second-order valence-corrected chi connectivity index (χ2v) is 5.72. The predicted octanol–water partition coefficient (Wildman–Crippen LogP) is 3.60. The summed E-state index contributed by atoms with van der Waals surface area (Å²) in [5.41, 5.74) is 1.28. The second kappa shape index (κ2) is 6.36. The van der Waals surface area contributed by atoms with E-state index < -0.39 is 5.82 Å². The molecule has 1 aromatic carbocycles. The third kappa shape index (κ3) is 3.18. The van der Waals surface area contributed by atoms with Gasteiger partial charge in [0.25, 0.3) is 5.91 Å². The summed E-state index contributed by atoms with van der Waals surface area (Å²) < 4.78 is 18.5. The lowest BCUT2D eigenvalue weighted by molar-refractivity contribution is 0.0669. The summed E-state index contributed by atoms with van der Waals surface area (Å²) in [5, 5.41) is 0. The van der Waals surface area contributed by atoms with Gasteiger partial charge in [-0.3, -0.25) is 9.78 Å². The van der Waals surface area contributed by atoms with E-state index in [0.29, 0.717) is 5.56 Å². The van der Waals surface area contributed by atoms with Crippen molar-refractivity contribution in [1.29, 1.82) is 0 Å². The third-order valence-electron chi connectivity index (χ3n) is 4.11. The zero-order chi connectivity index (χ0) is 16.4. The van der Waals surface area contributed by atoms with E-state index in [1.807, 2.05) is 30.0 Å². The molecule has 1 aliphatic rings. The van der Waals surface area contributed by atoms with Crippen LogP contribution in [0.15, 0.2) is 42.6 Å². The van der Waals surface area contributed by atoms with Crippen molar-refractivity contribution in [3.63, 3.8) is 0 Å². The van der Waals surface area contributed by atoms with Crippen molar-refractivity contribution in [3.8, 4) is 5.75 Å². The molecule has 1 saturated carbocycles. The molecule has 0 spiro atoms. The summed E-state index contributed by atoms with van der Waals surface area (Å²) in [6, 6.07) is 9.99. The van der Waals surface area contributed by atoms with Crippen LogP contribution in [0.25, 0.3) is 0 Å². The molecule has 1 amide bonds. The Bertz CT molecular complexity index is 701. The highest BCUT2D eigenvalue weighted by Gasteiger charge is 2.37. The number of carbonyl (C=O) groups is 1. The monoisotopic (exact) mass is 314 g/mol. The number of nitrogens with zero attached hydrogens (tertiary/aromatic N) is 2. The smallest absolute Gasteiger partial charge is 0.254 e. The van der Waals surface area contributed by atoms with Crippen molar-refractivity contribution in [1.82, 2.24) is 9.88 Å². The molecular weight excluding hydrogens is 295 g/mol. The van der Waals surface area contributed by atoms with Gasteiger partial charge in [0.05, 0.1) is 18.8 Å². The number of halogens is 1. The van der Waals surface area contributed by atoms with Crippen LogP contribution in [0.3, 0.4) is 0 Å². The molecule has 1 fully saturated rings. The second-order valence-electron chi connectivity index (χ2n) is 5.72. The Balaban J connectivity index is 1.91. The first-order valence-electron chi connectivity index (χ1n) is 7.69. The minimum absolute atomic E-state index is 0.0806. The number of benzene rings is 1. The van der Waals surface area contributed by atoms with Gasteiger partial charge in [0.15, 0.2) is 11.6 Å². The maximum absolute atomic E-state index is 13.6. The predicted molar refractivity (Wildman–Crippen MR) is 84.8 cm³/mol. The zero-order valence-electron chi connectivity index (χ0n) is 13.2. The summed E-state index contributed by atoms with van der Waals surface area (Å²) in [6.07, 6.45) is 3.70. The largest absolute Gasteiger partial charge is 0.494 e. The zero-order valence-corrected chi connectivity index (χ0v) is 13.2. The quantitative estimate of drug-likeness (QED) is 0.847. The fourth-order valence-electron chi connectivity index (χ4n) is 2.72. The highest BCUT2D eigenvalue weighted by molar-refractivity contribution is 5.95. The summed E-state index contributed by atoms with van der Waals surface area (Å²) in [7, 11) is 1.39. The Hall–Kier alpha value is -2.43. The molecule has 2 aromatic rings. The Kier molecular flexibility index (Phi) is 4.28. The van der Waals surface area contributed by atoms with E-state index >= 15 is 0 Å². The topological polar surface area (TPSA) is 42.4 Å². The van der Waals surface area contributed by atoms with Crippen LogP contribution in [0.1, 0.15) is 41.9 Å². The van der Waals surface area contributed by atoms with Crippen LogP contribution in [-0.4, -0.2) is 28.9 Å². The van der Waals surface area contributed by atoms with Crippen LogP contribution in [0, 0.1) is 5.82 Å². The van der Waals surface area contributed by atoms with Crippen molar-refractivity contribution in [3.05, 3.63) is 59.7 Å². The lowest BCUT2D eigenvalue weighted by Gasteiger charge is -2.29. The molecule has 5 heteroatoms. The van der Waals surface area contributed by atoms with E-state index in [9.17, 15) is 9.18 Å². The number of hydrogen-bond acceptors (Lipinski definition) is 3. The molecule has 1 heterocycles. The molecule has 0 bridgehead atoms. The lowest BCUT2D eigenvalue weighted by atomic mass is 10.1. The Morgan fingerprint density at radius 2 is 2.13 bits per heavy atom. The third-order valence-corrected chi connectivity index (χ3v) is 4.11. The van der Waals surface area contributed by atoms with Gasteiger partial charge in [-0.1, -0.05) is 6.07 Å². The molecule has 4 nitrogen and oxygen atoms in total. The number of ether oxygens (including phenoxy) is 1. The van der Waals surface area contributed by atoms with E-state index in [4.69, 9.17) is 4.74 Å². The van der Waals surface area contributed by atoms with Crippen molar-refractivity contribution >= 4 is 5.91 Å². The average Bonchev–Trinajstić information content (AvgIpc) is 3.41. The van der Waals surface area contributed by atoms with Gasteiger partial charge in [0.2, 0.25) is 0 Å². The van der Waals surface area contributed by atoms with E-state index in [1.165, 1.54) is 25.3 Å². The molecule has 1 aliphatic carbocycles. The molecule has 0 unspecified atom stereocenters. The Labute approximate surface area is 134 Å². The van der Waals surface area contributed by atoms with Crippen LogP contribution >= 0.6 is 0 Å². The molecule has 23 heavy (non-hydrogen) atoms. The Morgan fingerprint density at radius 3 is 2.74 bits per heavy atom. The number of hydrogen-bond donors (Lipinski definition) is 0. The van der Waals surface area contributed by atoms with Gasteiger partial charge in [-0.25, -0.2) is 4.39 Å². The number of rotatable bonds is 5. The molecule has 3 rings (SSSR count). The molecule has 1 aromatic heterocycles. The Morgan fingerprint density at radius 1 is 1.35 bits per heavy atom.